The maximum absolute atomic E-state index is 13.0. The Labute approximate surface area is 195 Å². The van der Waals surface area contributed by atoms with E-state index in [4.69, 9.17) is 19.2 Å². The fraction of sp³-hybridized carbons (Fsp3) is 0.333. The van der Waals surface area contributed by atoms with Crippen LogP contribution in [-0.2, 0) is 9.47 Å². The van der Waals surface area contributed by atoms with Gasteiger partial charge in [0.2, 0.25) is 0 Å². The number of carboxylic acids is 2. The number of carbonyl (C=O) groups excluding carboxylic acids is 2. The minimum atomic E-state index is -1.56. The smallest absolute Gasteiger partial charge is 0.343 e. The van der Waals surface area contributed by atoms with Crippen molar-refractivity contribution < 1.29 is 48.6 Å². The van der Waals surface area contributed by atoms with Crippen LogP contribution >= 0.6 is 0 Å². The Morgan fingerprint density at radius 1 is 0.618 bits per heavy atom. The van der Waals surface area contributed by atoms with Crippen molar-refractivity contribution >= 4 is 23.9 Å². The molecule has 0 atom stereocenters. The summed E-state index contributed by atoms with van der Waals surface area (Å²) in [6.45, 7) is 9.87. The van der Waals surface area contributed by atoms with Crippen molar-refractivity contribution in [2.45, 2.75) is 52.7 Å². The summed E-state index contributed by atoms with van der Waals surface area (Å²) in [5.74, 6) is -5.47. The molecule has 0 heterocycles. The van der Waals surface area contributed by atoms with Crippen LogP contribution in [0.25, 0.3) is 0 Å². The molecule has 0 aliphatic heterocycles. The van der Waals surface area contributed by atoms with Gasteiger partial charge in [-0.05, 0) is 65.8 Å². The Balaban J connectivity index is 2.54. The molecule has 0 saturated carbocycles. The Bertz CT molecular complexity index is 1120. The van der Waals surface area contributed by atoms with Crippen LogP contribution < -0.4 is 9.78 Å². The lowest BCUT2D eigenvalue weighted by Gasteiger charge is -2.23. The highest BCUT2D eigenvalue weighted by molar-refractivity contribution is 6.05. The normalized spacial score (nSPS) is 11.4. The number of hydrogen-bond donors (Lipinski definition) is 2. The number of esters is 2. The first-order chi connectivity index (χ1) is 15.6. The molecule has 10 nitrogen and oxygen atoms in total. The van der Waals surface area contributed by atoms with E-state index < -0.39 is 52.0 Å². The zero-order chi connectivity index (χ0) is 25.8. The van der Waals surface area contributed by atoms with Crippen molar-refractivity contribution in [2.24, 2.45) is 0 Å². The number of aromatic carboxylic acids is 2. The van der Waals surface area contributed by atoms with Gasteiger partial charge < -0.3 is 19.7 Å². The molecule has 0 aliphatic rings. The Kier molecular flexibility index (Phi) is 7.56. The molecule has 2 N–H and O–H groups in total. The molecule has 0 radical (unpaired) electrons. The van der Waals surface area contributed by atoms with Crippen molar-refractivity contribution in [1.29, 1.82) is 0 Å². The van der Waals surface area contributed by atoms with Gasteiger partial charge in [-0.25, -0.2) is 19.2 Å². The van der Waals surface area contributed by atoms with Crippen LogP contribution in [0.15, 0.2) is 36.4 Å². The highest BCUT2D eigenvalue weighted by Gasteiger charge is 2.30. The lowest BCUT2D eigenvalue weighted by atomic mass is 10.1. The summed E-state index contributed by atoms with van der Waals surface area (Å²) < 4.78 is 10.8. The third-order valence-electron chi connectivity index (χ3n) is 3.94. The fourth-order valence-corrected chi connectivity index (χ4v) is 2.73. The summed E-state index contributed by atoms with van der Waals surface area (Å²) in [7, 11) is 0. The molecule has 0 aliphatic carbocycles. The van der Waals surface area contributed by atoms with Crippen LogP contribution in [0.3, 0.4) is 0 Å². The number of carbonyl (C=O) groups is 4. The van der Waals surface area contributed by atoms with Crippen molar-refractivity contribution in [3.63, 3.8) is 0 Å². The van der Waals surface area contributed by atoms with E-state index in [1.807, 2.05) is 0 Å². The summed E-state index contributed by atoms with van der Waals surface area (Å²) in [6.07, 6.45) is 0. The molecule has 0 amide bonds. The molecule has 2 aromatic carbocycles. The van der Waals surface area contributed by atoms with Gasteiger partial charge in [0, 0.05) is 0 Å². The predicted molar refractivity (Wildman–Crippen MR) is 118 cm³/mol. The van der Waals surface area contributed by atoms with E-state index in [1.165, 1.54) is 30.3 Å². The molecule has 0 spiro atoms. The maximum atomic E-state index is 13.0. The van der Waals surface area contributed by atoms with E-state index in [9.17, 15) is 29.4 Å². The van der Waals surface area contributed by atoms with Crippen LogP contribution in [0.2, 0.25) is 0 Å². The van der Waals surface area contributed by atoms with Gasteiger partial charge in [0.1, 0.15) is 22.3 Å². The van der Waals surface area contributed by atoms with E-state index >= 15 is 0 Å². The molecule has 0 saturated heterocycles. The van der Waals surface area contributed by atoms with Gasteiger partial charge in [-0.3, -0.25) is 9.78 Å². The zero-order valence-electron chi connectivity index (χ0n) is 19.6. The van der Waals surface area contributed by atoms with Gasteiger partial charge in [0.25, 0.3) is 0 Å². The molecule has 0 bridgehead atoms. The van der Waals surface area contributed by atoms with E-state index in [1.54, 1.807) is 41.5 Å². The average molecular weight is 474 g/mol. The molecule has 182 valence electrons. The molecule has 0 fully saturated rings. The van der Waals surface area contributed by atoms with E-state index in [0.29, 0.717) is 0 Å². The maximum Gasteiger partial charge on any atom is 0.343 e. The van der Waals surface area contributed by atoms with Crippen molar-refractivity contribution in [2.75, 3.05) is 0 Å². The van der Waals surface area contributed by atoms with Gasteiger partial charge >= 0.3 is 23.9 Å². The van der Waals surface area contributed by atoms with Crippen LogP contribution in [0, 0.1) is 0 Å². The van der Waals surface area contributed by atoms with E-state index in [0.717, 1.165) is 6.07 Å². The highest BCUT2D eigenvalue weighted by atomic mass is 17.2. The highest BCUT2D eigenvalue weighted by Crippen LogP contribution is 2.30. The molecule has 2 aromatic rings. The SMILES string of the molecule is CC(C)(C)OC(=O)c1cccc(OOc2cccc(C(=O)O)c2C(=O)O)c1C(=O)OC(C)(C)C. The Hall–Kier alpha value is -4.08. The number of hydrogen-bond acceptors (Lipinski definition) is 8. The van der Waals surface area contributed by atoms with Crippen LogP contribution in [0.4, 0.5) is 0 Å². The van der Waals surface area contributed by atoms with Crippen molar-refractivity contribution in [1.82, 2.24) is 0 Å². The first-order valence-electron chi connectivity index (χ1n) is 10.1. The molecular weight excluding hydrogens is 448 g/mol. The number of rotatable bonds is 7. The quantitative estimate of drug-likeness (QED) is 0.337. The molecule has 34 heavy (non-hydrogen) atoms. The second kappa shape index (κ2) is 9.82. The largest absolute Gasteiger partial charge is 0.478 e. The zero-order valence-corrected chi connectivity index (χ0v) is 19.6. The molecule has 0 unspecified atom stereocenters. The van der Waals surface area contributed by atoms with E-state index in [2.05, 4.69) is 0 Å². The fourth-order valence-electron chi connectivity index (χ4n) is 2.73. The minimum Gasteiger partial charge on any atom is -0.478 e. The monoisotopic (exact) mass is 474 g/mol. The van der Waals surface area contributed by atoms with Crippen LogP contribution in [-0.4, -0.2) is 45.3 Å². The third-order valence-corrected chi connectivity index (χ3v) is 3.94. The number of carboxylic acid groups (broad SMARTS) is 2. The summed E-state index contributed by atoms with van der Waals surface area (Å²) in [5, 5.41) is 18.7. The van der Waals surface area contributed by atoms with Crippen molar-refractivity contribution in [3.05, 3.63) is 58.7 Å². The summed E-state index contributed by atoms with van der Waals surface area (Å²) in [5.41, 5.74) is -3.42. The third kappa shape index (κ3) is 6.71. The lowest BCUT2D eigenvalue weighted by molar-refractivity contribution is -0.102. The second-order valence-electron chi connectivity index (χ2n) is 9.14. The lowest BCUT2D eigenvalue weighted by Crippen LogP contribution is -2.28. The minimum absolute atomic E-state index is 0.164. The number of benzene rings is 2. The molecule has 2 rings (SSSR count). The predicted octanol–water partition coefficient (Wildman–Crippen LogP) is 4.37. The Morgan fingerprint density at radius 2 is 1.06 bits per heavy atom. The van der Waals surface area contributed by atoms with Crippen LogP contribution in [0.5, 0.6) is 11.5 Å². The van der Waals surface area contributed by atoms with Gasteiger partial charge in [-0.1, -0.05) is 12.1 Å². The average Bonchev–Trinajstić information content (AvgIpc) is 2.68. The summed E-state index contributed by atoms with van der Waals surface area (Å²) in [6, 6.07) is 7.58. The van der Waals surface area contributed by atoms with Gasteiger partial charge in [0.15, 0.2) is 11.5 Å². The first-order valence-corrected chi connectivity index (χ1v) is 10.1. The van der Waals surface area contributed by atoms with E-state index in [-0.39, 0.29) is 16.9 Å². The molecule has 10 heteroatoms. The molecular formula is C24H26O10. The second-order valence-corrected chi connectivity index (χ2v) is 9.14. The van der Waals surface area contributed by atoms with Gasteiger partial charge in [0.05, 0.1) is 11.1 Å². The van der Waals surface area contributed by atoms with Gasteiger partial charge in [-0.15, -0.1) is 0 Å². The van der Waals surface area contributed by atoms with Crippen LogP contribution in [0.1, 0.15) is 83.0 Å². The van der Waals surface area contributed by atoms with Gasteiger partial charge in [-0.2, -0.15) is 0 Å². The standard InChI is InChI=1S/C24H26O10/c1-23(2,3)31-21(29)14-10-8-12-16(18(14)22(30)32-24(4,5)6)34-33-15-11-7-9-13(19(25)26)17(15)20(27)28/h7-12H,1-6H3,(H,25,26)(H,27,28). The summed E-state index contributed by atoms with van der Waals surface area (Å²) in [4.78, 5) is 59.1. The summed E-state index contributed by atoms with van der Waals surface area (Å²) >= 11 is 0. The Morgan fingerprint density at radius 3 is 1.50 bits per heavy atom. The van der Waals surface area contributed by atoms with Crippen molar-refractivity contribution in [3.8, 4) is 11.5 Å². The number of ether oxygens (including phenoxy) is 2. The first kappa shape index (κ1) is 26.2. The topological polar surface area (TPSA) is 146 Å². The molecule has 0 aromatic heterocycles.